The molecule has 30 heavy (non-hydrogen) atoms. The summed E-state index contributed by atoms with van der Waals surface area (Å²) in [6.07, 6.45) is 0.784. The number of rotatable bonds is 4. The molecule has 2 aliphatic heterocycles. The van der Waals surface area contributed by atoms with Crippen molar-refractivity contribution < 1.29 is 21.6 Å². The zero-order valence-corrected chi connectivity index (χ0v) is 19.1. The molecule has 0 saturated carbocycles. The van der Waals surface area contributed by atoms with Gasteiger partial charge in [0.2, 0.25) is 0 Å². The minimum absolute atomic E-state index is 0.0811. The Morgan fingerprint density at radius 1 is 1.03 bits per heavy atom. The highest BCUT2D eigenvalue weighted by molar-refractivity contribution is 7.96. The molecule has 2 heterocycles. The molecule has 0 bridgehead atoms. The molecular formula is C22H27NO5S2. The smallest absolute Gasteiger partial charge is 0.187 e. The summed E-state index contributed by atoms with van der Waals surface area (Å²) in [7, 11) is -5.94. The van der Waals surface area contributed by atoms with Gasteiger partial charge in [-0.05, 0) is 54.7 Å². The van der Waals surface area contributed by atoms with E-state index in [1.807, 2.05) is 36.9 Å². The highest BCUT2D eigenvalue weighted by atomic mass is 32.2. The van der Waals surface area contributed by atoms with Gasteiger partial charge in [-0.1, -0.05) is 24.3 Å². The van der Waals surface area contributed by atoms with Gasteiger partial charge in [0, 0.05) is 19.1 Å². The number of ether oxygens (including phenoxy) is 1. The molecular weight excluding hydrogens is 422 g/mol. The molecule has 2 aromatic rings. The monoisotopic (exact) mass is 449 g/mol. The van der Waals surface area contributed by atoms with Gasteiger partial charge in [0.05, 0.1) is 23.9 Å². The van der Waals surface area contributed by atoms with Crippen LogP contribution in [0, 0.1) is 13.8 Å². The molecule has 8 heteroatoms. The van der Waals surface area contributed by atoms with E-state index < -0.39 is 31.0 Å². The number of methoxy groups -OCH3 is 1. The number of aryl methyl sites for hydroxylation is 2. The predicted octanol–water partition coefficient (Wildman–Crippen LogP) is 2.31. The first-order chi connectivity index (χ1) is 14.1. The molecule has 4 rings (SSSR count). The predicted molar refractivity (Wildman–Crippen MR) is 116 cm³/mol. The van der Waals surface area contributed by atoms with Gasteiger partial charge in [0.15, 0.2) is 19.7 Å². The Morgan fingerprint density at radius 3 is 2.40 bits per heavy atom. The Morgan fingerprint density at radius 2 is 1.70 bits per heavy atom. The highest BCUT2D eigenvalue weighted by Gasteiger charge is 2.49. The van der Waals surface area contributed by atoms with Crippen molar-refractivity contribution in [2.24, 2.45) is 0 Å². The Bertz CT molecular complexity index is 1190. The van der Waals surface area contributed by atoms with Gasteiger partial charge in [-0.15, -0.1) is 0 Å². The van der Waals surface area contributed by atoms with Crippen LogP contribution < -0.4 is 4.74 Å². The molecule has 2 atom stereocenters. The quantitative estimate of drug-likeness (QED) is 0.713. The number of hydrogen-bond donors (Lipinski definition) is 0. The molecule has 1 saturated heterocycles. The average molecular weight is 450 g/mol. The summed E-state index contributed by atoms with van der Waals surface area (Å²) in [6.45, 7) is 4.94. The lowest BCUT2D eigenvalue weighted by Crippen LogP contribution is -2.48. The fraction of sp³-hybridized carbons (Fsp3) is 0.455. The van der Waals surface area contributed by atoms with Crippen molar-refractivity contribution in [1.82, 2.24) is 4.90 Å². The lowest BCUT2D eigenvalue weighted by atomic mass is 9.98. The van der Waals surface area contributed by atoms with Crippen LogP contribution in [-0.2, 0) is 32.6 Å². The maximum atomic E-state index is 13.7. The van der Waals surface area contributed by atoms with E-state index in [4.69, 9.17) is 4.74 Å². The zero-order valence-electron chi connectivity index (χ0n) is 17.5. The van der Waals surface area contributed by atoms with Gasteiger partial charge < -0.3 is 4.74 Å². The summed E-state index contributed by atoms with van der Waals surface area (Å²) in [5.74, 6) is -0.217. The zero-order chi connectivity index (χ0) is 21.7. The van der Waals surface area contributed by atoms with Crippen LogP contribution in [0.3, 0.4) is 0 Å². The second-order valence-electron chi connectivity index (χ2n) is 8.30. The molecule has 1 fully saturated rings. The van der Waals surface area contributed by atoms with Gasteiger partial charge in [-0.25, -0.2) is 16.8 Å². The van der Waals surface area contributed by atoms with Crippen molar-refractivity contribution in [3.63, 3.8) is 0 Å². The van der Waals surface area contributed by atoms with Gasteiger partial charge in [0.1, 0.15) is 10.6 Å². The van der Waals surface area contributed by atoms with E-state index in [0.717, 1.165) is 23.1 Å². The minimum atomic E-state index is -3.91. The summed E-state index contributed by atoms with van der Waals surface area (Å²) < 4.78 is 57.9. The van der Waals surface area contributed by atoms with E-state index >= 15 is 0 Å². The number of hydrogen-bond acceptors (Lipinski definition) is 6. The average Bonchev–Trinajstić information content (AvgIpc) is 3.05. The van der Waals surface area contributed by atoms with Crippen molar-refractivity contribution in [2.75, 3.05) is 25.2 Å². The van der Waals surface area contributed by atoms with Gasteiger partial charge in [-0.2, -0.15) is 0 Å². The SMILES string of the molecule is COc1cc(C)c(C)cc1S(=O)(=O)[C@H]1CS(=O)(=O)C[C@@H]1N1CCc2ccccc2C1. The van der Waals surface area contributed by atoms with Crippen LogP contribution in [0.5, 0.6) is 5.75 Å². The van der Waals surface area contributed by atoms with E-state index in [0.29, 0.717) is 13.1 Å². The summed E-state index contributed by atoms with van der Waals surface area (Å²) >= 11 is 0. The maximum absolute atomic E-state index is 13.7. The molecule has 6 nitrogen and oxygen atoms in total. The van der Waals surface area contributed by atoms with E-state index in [1.54, 1.807) is 12.1 Å². The van der Waals surface area contributed by atoms with E-state index in [1.165, 1.54) is 12.7 Å². The van der Waals surface area contributed by atoms with Crippen molar-refractivity contribution in [1.29, 1.82) is 0 Å². The lowest BCUT2D eigenvalue weighted by Gasteiger charge is -2.35. The van der Waals surface area contributed by atoms with Crippen LogP contribution in [0.1, 0.15) is 22.3 Å². The van der Waals surface area contributed by atoms with Crippen molar-refractivity contribution in [3.05, 3.63) is 58.7 Å². The first-order valence-electron chi connectivity index (χ1n) is 10.0. The Balaban J connectivity index is 1.74. The Kier molecular flexibility index (Phi) is 5.45. The van der Waals surface area contributed by atoms with Crippen molar-refractivity contribution in [2.45, 2.75) is 43.0 Å². The summed E-state index contributed by atoms with van der Waals surface area (Å²) in [4.78, 5) is 2.11. The molecule has 0 spiro atoms. The molecule has 2 aromatic carbocycles. The van der Waals surface area contributed by atoms with Gasteiger partial charge >= 0.3 is 0 Å². The molecule has 0 N–H and O–H groups in total. The number of nitrogens with zero attached hydrogens (tertiary/aromatic N) is 1. The standard InChI is InChI=1S/C22H27NO5S2/c1-15-10-20(28-3)21(11-16(15)2)30(26,27)22-14-29(24,25)13-19(22)23-9-8-17-6-4-5-7-18(17)12-23/h4-7,10-11,19,22H,8-9,12-14H2,1-3H3/t19-,22-/m0/s1. The normalized spacial score (nSPS) is 23.8. The molecule has 0 amide bonds. The highest BCUT2D eigenvalue weighted by Crippen LogP contribution is 2.36. The lowest BCUT2D eigenvalue weighted by molar-refractivity contribution is 0.195. The molecule has 0 aromatic heterocycles. The largest absolute Gasteiger partial charge is 0.495 e. The minimum Gasteiger partial charge on any atom is -0.495 e. The topological polar surface area (TPSA) is 80.8 Å². The Hall–Kier alpha value is -1.90. The van der Waals surface area contributed by atoms with Gasteiger partial charge in [0.25, 0.3) is 0 Å². The van der Waals surface area contributed by atoms with Crippen LogP contribution in [0.15, 0.2) is 41.3 Å². The number of sulfone groups is 2. The van der Waals surface area contributed by atoms with Gasteiger partial charge in [-0.3, -0.25) is 4.90 Å². The first kappa shape index (κ1) is 21.3. The van der Waals surface area contributed by atoms with Crippen molar-refractivity contribution >= 4 is 19.7 Å². The van der Waals surface area contributed by atoms with E-state index in [9.17, 15) is 16.8 Å². The first-order valence-corrected chi connectivity index (χ1v) is 13.4. The third-order valence-electron chi connectivity index (χ3n) is 6.39. The molecule has 2 aliphatic rings. The second-order valence-corrected chi connectivity index (χ2v) is 12.6. The van der Waals surface area contributed by atoms with Crippen LogP contribution in [0.25, 0.3) is 0 Å². The molecule has 0 radical (unpaired) electrons. The summed E-state index contributed by atoms with van der Waals surface area (Å²) in [5.41, 5.74) is 4.13. The number of benzene rings is 2. The Labute approximate surface area is 178 Å². The fourth-order valence-corrected chi connectivity index (χ4v) is 9.60. The second kappa shape index (κ2) is 7.66. The molecule has 0 aliphatic carbocycles. The molecule has 0 unspecified atom stereocenters. The van der Waals surface area contributed by atoms with Crippen LogP contribution >= 0.6 is 0 Å². The van der Waals surface area contributed by atoms with Crippen LogP contribution in [-0.4, -0.2) is 58.2 Å². The third kappa shape index (κ3) is 3.76. The molecule has 162 valence electrons. The van der Waals surface area contributed by atoms with E-state index in [-0.39, 0.29) is 22.2 Å². The fourth-order valence-electron chi connectivity index (χ4n) is 4.54. The van der Waals surface area contributed by atoms with Crippen molar-refractivity contribution in [3.8, 4) is 5.75 Å². The van der Waals surface area contributed by atoms with Crippen LogP contribution in [0.2, 0.25) is 0 Å². The number of fused-ring (bicyclic) bond motifs is 1. The summed E-state index contributed by atoms with van der Waals surface area (Å²) in [6, 6.07) is 10.8. The summed E-state index contributed by atoms with van der Waals surface area (Å²) in [5, 5.41) is -1.01. The van der Waals surface area contributed by atoms with E-state index in [2.05, 4.69) is 6.07 Å². The third-order valence-corrected chi connectivity index (χ3v) is 10.5. The maximum Gasteiger partial charge on any atom is 0.187 e. The van der Waals surface area contributed by atoms with Crippen LogP contribution in [0.4, 0.5) is 0 Å².